The zero-order valence-electron chi connectivity index (χ0n) is 14.2. The van der Waals surface area contributed by atoms with Crippen LogP contribution in [0.15, 0.2) is 41.2 Å². The Bertz CT molecular complexity index is 740. The summed E-state index contributed by atoms with van der Waals surface area (Å²) in [6.07, 6.45) is 6.19. The van der Waals surface area contributed by atoms with Crippen LogP contribution >= 0.6 is 0 Å². The maximum absolute atomic E-state index is 12.9. The van der Waals surface area contributed by atoms with Gasteiger partial charge < -0.3 is 24.1 Å². The monoisotopic (exact) mass is 342 g/mol. The van der Waals surface area contributed by atoms with Crippen LogP contribution in [0.4, 0.5) is 4.79 Å². The average molecular weight is 342 g/mol. The number of benzene rings is 1. The van der Waals surface area contributed by atoms with E-state index in [2.05, 4.69) is 5.32 Å². The van der Waals surface area contributed by atoms with Gasteiger partial charge in [-0.25, -0.2) is 4.79 Å². The second-order valence-electron chi connectivity index (χ2n) is 6.51. The van der Waals surface area contributed by atoms with E-state index in [9.17, 15) is 4.79 Å². The van der Waals surface area contributed by atoms with Gasteiger partial charge >= 0.3 is 6.03 Å². The Hall–Kier alpha value is -2.63. The van der Waals surface area contributed by atoms with Crippen LogP contribution in [0, 0.1) is 0 Å². The first-order valence-corrected chi connectivity index (χ1v) is 8.64. The van der Waals surface area contributed by atoms with E-state index in [4.69, 9.17) is 13.9 Å². The van der Waals surface area contributed by atoms with E-state index in [-0.39, 0.29) is 12.1 Å². The number of ether oxygens (including phenoxy) is 2. The van der Waals surface area contributed by atoms with Crippen molar-refractivity contribution in [1.82, 2.24) is 10.2 Å². The van der Waals surface area contributed by atoms with Gasteiger partial charge in [-0.05, 0) is 25.0 Å². The second-order valence-corrected chi connectivity index (χ2v) is 6.51. The predicted octanol–water partition coefficient (Wildman–Crippen LogP) is 3.49. The normalized spacial score (nSPS) is 18.8. The van der Waals surface area contributed by atoms with Crippen LogP contribution in [0.25, 0.3) is 0 Å². The number of fused-ring (bicyclic) bond motifs is 1. The maximum Gasteiger partial charge on any atom is 0.318 e. The highest BCUT2D eigenvalue weighted by Gasteiger charge is 2.35. The van der Waals surface area contributed by atoms with E-state index in [0.29, 0.717) is 24.9 Å². The zero-order chi connectivity index (χ0) is 17.2. The Labute approximate surface area is 146 Å². The second kappa shape index (κ2) is 6.70. The Morgan fingerprint density at radius 2 is 2.20 bits per heavy atom. The van der Waals surface area contributed by atoms with Crippen molar-refractivity contribution in [3.8, 4) is 11.5 Å². The van der Waals surface area contributed by atoms with Crippen LogP contribution in [-0.4, -0.2) is 30.7 Å². The first-order valence-electron chi connectivity index (χ1n) is 8.64. The fraction of sp³-hybridized carbons (Fsp3) is 0.421. The number of nitrogens with zero attached hydrogens (tertiary/aromatic N) is 1. The molecule has 1 N–H and O–H groups in total. The Morgan fingerprint density at radius 1 is 1.32 bits per heavy atom. The molecule has 0 bridgehead atoms. The minimum atomic E-state index is -0.0723. The van der Waals surface area contributed by atoms with Crippen molar-refractivity contribution in [2.75, 3.05) is 13.7 Å². The van der Waals surface area contributed by atoms with Crippen LogP contribution in [-0.2, 0) is 6.54 Å². The molecule has 2 amide bonds. The molecular formula is C19H22N2O4. The van der Waals surface area contributed by atoms with E-state index in [1.54, 1.807) is 19.6 Å². The number of furan rings is 1. The van der Waals surface area contributed by atoms with E-state index < -0.39 is 0 Å². The molecule has 2 heterocycles. The van der Waals surface area contributed by atoms with Gasteiger partial charge in [0.05, 0.1) is 38.8 Å². The molecule has 1 unspecified atom stereocenters. The fourth-order valence-electron chi connectivity index (χ4n) is 3.27. The summed E-state index contributed by atoms with van der Waals surface area (Å²) in [4.78, 5) is 14.8. The lowest BCUT2D eigenvalue weighted by atomic mass is 10.00. The van der Waals surface area contributed by atoms with E-state index in [1.165, 1.54) is 0 Å². The molecular weight excluding hydrogens is 320 g/mol. The molecule has 0 radical (unpaired) electrons. The number of rotatable bonds is 5. The lowest BCUT2D eigenvalue weighted by Crippen LogP contribution is -2.43. The molecule has 1 aliphatic heterocycles. The first kappa shape index (κ1) is 15.9. The summed E-state index contributed by atoms with van der Waals surface area (Å²) in [5.41, 5.74) is 1.98. The van der Waals surface area contributed by atoms with Gasteiger partial charge in [-0.2, -0.15) is 0 Å². The molecule has 25 heavy (non-hydrogen) atoms. The molecule has 6 heteroatoms. The lowest BCUT2D eigenvalue weighted by Gasteiger charge is -2.30. The van der Waals surface area contributed by atoms with Crippen LogP contribution in [0.3, 0.4) is 0 Å². The smallest absolute Gasteiger partial charge is 0.318 e. The van der Waals surface area contributed by atoms with Gasteiger partial charge in [-0.15, -0.1) is 0 Å². The molecule has 0 spiro atoms. The first-order chi connectivity index (χ1) is 12.3. The summed E-state index contributed by atoms with van der Waals surface area (Å²) < 4.78 is 16.3. The molecule has 2 aromatic rings. The average Bonchev–Trinajstić information content (AvgIpc) is 3.35. The standard InChI is InChI=1S/C19H22N2O4/c1-23-17-4-2-3-15-16(8-10-25-18(15)17)20-19(22)21(14-5-6-14)11-13-7-9-24-12-13/h2-4,7,9,12,14,16H,5-6,8,10-11H2,1H3,(H,20,22). The van der Waals surface area contributed by atoms with Crippen LogP contribution in [0.2, 0.25) is 0 Å². The molecule has 2 aliphatic rings. The Balaban J connectivity index is 1.51. The van der Waals surface area contributed by atoms with Crippen LogP contribution in [0.5, 0.6) is 11.5 Å². The quantitative estimate of drug-likeness (QED) is 0.903. The molecule has 1 aromatic carbocycles. The third kappa shape index (κ3) is 3.29. The van der Waals surface area contributed by atoms with Gasteiger partial charge in [0.1, 0.15) is 0 Å². The van der Waals surface area contributed by atoms with Crippen LogP contribution < -0.4 is 14.8 Å². The number of hydrogen-bond donors (Lipinski definition) is 1. The summed E-state index contributed by atoms with van der Waals surface area (Å²) in [7, 11) is 1.63. The van der Waals surface area contributed by atoms with E-state index in [1.807, 2.05) is 29.2 Å². The molecule has 6 nitrogen and oxygen atoms in total. The van der Waals surface area contributed by atoms with Gasteiger partial charge in [0, 0.05) is 23.6 Å². The van der Waals surface area contributed by atoms with Crippen molar-refractivity contribution in [2.45, 2.75) is 37.9 Å². The molecule has 0 saturated heterocycles. The highest BCUT2D eigenvalue weighted by Crippen LogP contribution is 2.39. The number of para-hydroxylation sites is 1. The summed E-state index contributed by atoms with van der Waals surface area (Å²) in [5, 5.41) is 3.18. The SMILES string of the molecule is COc1cccc2c1OCCC2NC(=O)N(Cc1ccoc1)C1CC1. The van der Waals surface area contributed by atoms with Gasteiger partial charge in [0.25, 0.3) is 0 Å². The van der Waals surface area contributed by atoms with Crippen molar-refractivity contribution in [1.29, 1.82) is 0 Å². The number of carbonyl (C=O) groups excluding carboxylic acids is 1. The van der Waals surface area contributed by atoms with Gasteiger partial charge in [-0.1, -0.05) is 12.1 Å². The van der Waals surface area contributed by atoms with Crippen LogP contribution in [0.1, 0.15) is 36.4 Å². The number of amides is 2. The number of carbonyl (C=O) groups is 1. The van der Waals surface area contributed by atoms with Crippen molar-refractivity contribution in [2.24, 2.45) is 0 Å². The summed E-state index contributed by atoms with van der Waals surface area (Å²) >= 11 is 0. The molecule has 4 rings (SSSR count). The number of urea groups is 1. The topological polar surface area (TPSA) is 63.9 Å². The van der Waals surface area contributed by atoms with E-state index >= 15 is 0 Å². The number of hydrogen-bond acceptors (Lipinski definition) is 4. The van der Waals surface area contributed by atoms with Gasteiger partial charge in [0.2, 0.25) is 0 Å². The van der Waals surface area contributed by atoms with Gasteiger partial charge in [-0.3, -0.25) is 0 Å². The van der Waals surface area contributed by atoms with Crippen molar-refractivity contribution >= 4 is 6.03 Å². The van der Waals surface area contributed by atoms with Crippen molar-refractivity contribution in [3.05, 3.63) is 47.9 Å². The highest BCUT2D eigenvalue weighted by atomic mass is 16.5. The van der Waals surface area contributed by atoms with Crippen molar-refractivity contribution in [3.63, 3.8) is 0 Å². The van der Waals surface area contributed by atoms with E-state index in [0.717, 1.165) is 36.1 Å². The Morgan fingerprint density at radius 3 is 2.92 bits per heavy atom. The predicted molar refractivity (Wildman–Crippen MR) is 91.7 cm³/mol. The largest absolute Gasteiger partial charge is 0.493 e. The zero-order valence-corrected chi connectivity index (χ0v) is 14.2. The highest BCUT2D eigenvalue weighted by molar-refractivity contribution is 5.76. The Kier molecular flexibility index (Phi) is 4.26. The van der Waals surface area contributed by atoms with Crippen molar-refractivity contribution < 1.29 is 18.7 Å². The number of nitrogens with one attached hydrogen (secondary N) is 1. The third-order valence-electron chi connectivity index (χ3n) is 4.74. The summed E-state index contributed by atoms with van der Waals surface area (Å²) in [5.74, 6) is 1.43. The molecule has 1 aliphatic carbocycles. The number of methoxy groups -OCH3 is 1. The minimum Gasteiger partial charge on any atom is -0.493 e. The summed E-state index contributed by atoms with van der Waals surface area (Å²) in [6.45, 7) is 1.13. The molecule has 1 fully saturated rings. The molecule has 1 saturated carbocycles. The minimum absolute atomic E-state index is 0.0376. The summed E-state index contributed by atoms with van der Waals surface area (Å²) in [6, 6.07) is 7.89. The molecule has 132 valence electrons. The maximum atomic E-state index is 12.9. The van der Waals surface area contributed by atoms with Gasteiger partial charge in [0.15, 0.2) is 11.5 Å². The molecule has 1 atom stereocenters. The molecule has 1 aromatic heterocycles. The fourth-order valence-corrected chi connectivity index (χ4v) is 3.27. The lowest BCUT2D eigenvalue weighted by molar-refractivity contribution is 0.179. The third-order valence-corrected chi connectivity index (χ3v) is 4.74.